The van der Waals surface area contributed by atoms with E-state index in [1.807, 2.05) is 0 Å². The molecule has 4 rings (SSSR count). The molecule has 226 valence electrons. The molecule has 0 bridgehead atoms. The molecule has 9 atom stereocenters. The highest BCUT2D eigenvalue weighted by Crippen LogP contribution is 2.67. The van der Waals surface area contributed by atoms with Crippen molar-refractivity contribution in [2.45, 2.75) is 137 Å². The number of amides is 1. The largest absolute Gasteiger partial charge is 0.393 e. The van der Waals surface area contributed by atoms with Gasteiger partial charge in [-0.2, -0.15) is 0 Å². The van der Waals surface area contributed by atoms with Crippen molar-refractivity contribution in [1.29, 1.82) is 0 Å². The number of allylic oxidation sites excluding steroid dienone is 1. The summed E-state index contributed by atoms with van der Waals surface area (Å²) in [5.41, 5.74) is 10.7. The number of unbranched alkanes of at least 4 members (excludes halogenated alkanes) is 3. The van der Waals surface area contributed by atoms with Crippen LogP contribution in [0.5, 0.6) is 0 Å². The fraction of sp³-hybridized carbons (Fsp3) is 0.912. The van der Waals surface area contributed by atoms with E-state index in [1.165, 1.54) is 51.4 Å². The smallest absolute Gasteiger partial charge is 0.220 e. The van der Waals surface area contributed by atoms with Gasteiger partial charge in [0.05, 0.1) is 6.10 Å². The van der Waals surface area contributed by atoms with Gasteiger partial charge < -0.3 is 10.4 Å². The number of aliphatic hydroxyl groups excluding tert-OH is 1. The Morgan fingerprint density at radius 3 is 2.67 bits per heavy atom. The highest BCUT2D eigenvalue weighted by atomic mass is 16.3. The summed E-state index contributed by atoms with van der Waals surface area (Å²) in [4.78, 5) is 15.2. The highest BCUT2D eigenvalue weighted by Gasteiger charge is 2.59. The van der Waals surface area contributed by atoms with Crippen molar-refractivity contribution >= 4 is 5.91 Å². The molecule has 4 aliphatic carbocycles. The third-order valence-corrected chi connectivity index (χ3v) is 12.3. The zero-order valence-corrected chi connectivity index (χ0v) is 26.0. The first kappa shape index (κ1) is 31.4. The number of rotatable bonds is 14. The van der Waals surface area contributed by atoms with Crippen molar-refractivity contribution in [1.82, 2.24) is 5.32 Å². The molecule has 0 spiro atoms. The van der Waals surface area contributed by atoms with Gasteiger partial charge in [0.2, 0.25) is 5.91 Å². The summed E-state index contributed by atoms with van der Waals surface area (Å²) < 4.78 is 0. The second kappa shape index (κ2) is 14.1. The van der Waals surface area contributed by atoms with Gasteiger partial charge >= 0.3 is 0 Å². The maximum absolute atomic E-state index is 12.4. The number of fused-ring (bicyclic) bond motifs is 5. The van der Waals surface area contributed by atoms with E-state index in [2.05, 4.69) is 49.1 Å². The van der Waals surface area contributed by atoms with E-state index in [4.69, 9.17) is 5.53 Å². The monoisotopic (exact) mass is 554 g/mol. The fourth-order valence-electron chi connectivity index (χ4n) is 10.0. The second-order valence-corrected chi connectivity index (χ2v) is 14.8. The molecule has 0 aromatic heterocycles. The van der Waals surface area contributed by atoms with Gasteiger partial charge in [-0.15, -0.1) is 0 Å². The molecule has 0 radical (unpaired) electrons. The van der Waals surface area contributed by atoms with E-state index in [0.29, 0.717) is 29.7 Å². The summed E-state index contributed by atoms with van der Waals surface area (Å²) in [6, 6.07) is 0. The quantitative estimate of drug-likeness (QED) is 0.0737. The number of carbonyl (C=O) groups excluding carboxylic acids is 1. The molecule has 3 saturated carbocycles. The Bertz CT molecular complexity index is 929. The third kappa shape index (κ3) is 7.09. The Morgan fingerprint density at radius 2 is 1.88 bits per heavy atom. The van der Waals surface area contributed by atoms with Crippen molar-refractivity contribution < 1.29 is 9.90 Å². The van der Waals surface area contributed by atoms with Gasteiger partial charge in [0, 0.05) is 24.4 Å². The number of nitrogens with one attached hydrogen (secondary N) is 1. The van der Waals surface area contributed by atoms with Crippen molar-refractivity contribution in [2.24, 2.45) is 51.5 Å². The standard InChI is InChI=1S/C34H58N4O2/c1-24(22-32(40)36-20-7-5-6-8-21-37-38-35)10-9-11-25(2)29-14-15-30-28-13-12-26-23-27(39)16-18-33(26,3)31(28)17-19-34(29,30)4/h12,24-25,27-31,39H,5-11,13-23H2,1-4H3,(H,36,40)/t24?,25-,27+,28+,29-,30+,31+,33+,34-/m1/s1. The van der Waals surface area contributed by atoms with E-state index < -0.39 is 0 Å². The van der Waals surface area contributed by atoms with Crippen LogP contribution in [0.15, 0.2) is 16.8 Å². The zero-order chi connectivity index (χ0) is 28.8. The molecule has 4 aliphatic rings. The van der Waals surface area contributed by atoms with Crippen LogP contribution in [-0.4, -0.2) is 30.2 Å². The van der Waals surface area contributed by atoms with Crippen LogP contribution < -0.4 is 5.32 Å². The normalized spacial score (nSPS) is 36.3. The topological polar surface area (TPSA) is 98.1 Å². The van der Waals surface area contributed by atoms with Gasteiger partial charge in [-0.3, -0.25) is 4.79 Å². The molecule has 0 aromatic rings. The number of nitrogens with zero attached hydrogens (tertiary/aromatic N) is 3. The Kier molecular flexibility index (Phi) is 11.1. The summed E-state index contributed by atoms with van der Waals surface area (Å²) in [5.74, 6) is 4.78. The van der Waals surface area contributed by atoms with Crippen LogP contribution in [0.1, 0.15) is 130 Å². The minimum absolute atomic E-state index is 0.114. The molecule has 0 heterocycles. The first-order chi connectivity index (χ1) is 19.2. The minimum Gasteiger partial charge on any atom is -0.393 e. The van der Waals surface area contributed by atoms with Gasteiger partial charge in [0.1, 0.15) is 0 Å². The molecule has 1 unspecified atom stereocenters. The number of hydrogen-bond donors (Lipinski definition) is 2. The fourth-order valence-corrected chi connectivity index (χ4v) is 10.0. The van der Waals surface area contributed by atoms with Crippen molar-refractivity contribution in [3.63, 3.8) is 0 Å². The second-order valence-electron chi connectivity index (χ2n) is 14.8. The summed E-state index contributed by atoms with van der Waals surface area (Å²) in [7, 11) is 0. The zero-order valence-electron chi connectivity index (χ0n) is 26.0. The molecule has 0 saturated heterocycles. The lowest BCUT2D eigenvalue weighted by atomic mass is 9.47. The van der Waals surface area contributed by atoms with Crippen LogP contribution >= 0.6 is 0 Å². The van der Waals surface area contributed by atoms with E-state index in [-0.39, 0.29) is 12.0 Å². The van der Waals surface area contributed by atoms with Crippen LogP contribution in [0.3, 0.4) is 0 Å². The van der Waals surface area contributed by atoms with Crippen LogP contribution in [0.25, 0.3) is 10.4 Å². The molecule has 0 aromatic carbocycles. The summed E-state index contributed by atoms with van der Waals surface area (Å²) in [6.45, 7) is 11.3. The van der Waals surface area contributed by atoms with Crippen molar-refractivity contribution in [2.75, 3.05) is 13.1 Å². The molecule has 40 heavy (non-hydrogen) atoms. The number of carbonyl (C=O) groups is 1. The van der Waals surface area contributed by atoms with Gasteiger partial charge in [0.25, 0.3) is 0 Å². The van der Waals surface area contributed by atoms with E-state index in [1.54, 1.807) is 5.57 Å². The maximum atomic E-state index is 12.4. The Morgan fingerprint density at radius 1 is 1.07 bits per heavy atom. The predicted octanol–water partition coefficient (Wildman–Crippen LogP) is 8.75. The lowest BCUT2D eigenvalue weighted by Gasteiger charge is -2.58. The van der Waals surface area contributed by atoms with E-state index in [9.17, 15) is 9.90 Å². The SMILES string of the molecule is CC(CCC[C@@H](C)[C@H]1CC[C@H]2[C@@H]3CC=C4C[C@@H](O)CC[C@]4(C)[C@H]3CC[C@]12C)CC(=O)NCCCCCCN=[N+]=[N-]. The summed E-state index contributed by atoms with van der Waals surface area (Å²) in [5, 5.41) is 17.0. The lowest BCUT2D eigenvalue weighted by Crippen LogP contribution is -2.50. The average Bonchev–Trinajstić information content (AvgIpc) is 3.28. The average molecular weight is 555 g/mol. The summed E-state index contributed by atoms with van der Waals surface area (Å²) >= 11 is 0. The first-order valence-corrected chi connectivity index (χ1v) is 16.8. The Labute approximate surface area is 244 Å². The van der Waals surface area contributed by atoms with Gasteiger partial charge in [-0.25, -0.2) is 0 Å². The van der Waals surface area contributed by atoms with Crippen molar-refractivity contribution in [3.8, 4) is 0 Å². The molecule has 6 nitrogen and oxygen atoms in total. The maximum Gasteiger partial charge on any atom is 0.220 e. The Hall–Kier alpha value is -1.52. The molecule has 2 N–H and O–H groups in total. The predicted molar refractivity (Wildman–Crippen MR) is 163 cm³/mol. The minimum atomic E-state index is -0.114. The number of azide groups is 1. The van der Waals surface area contributed by atoms with E-state index in [0.717, 1.165) is 81.1 Å². The molecule has 6 heteroatoms. The highest BCUT2D eigenvalue weighted by molar-refractivity contribution is 5.76. The van der Waals surface area contributed by atoms with Crippen LogP contribution in [0, 0.1) is 46.3 Å². The van der Waals surface area contributed by atoms with E-state index >= 15 is 0 Å². The molecule has 1 amide bonds. The lowest BCUT2D eigenvalue weighted by molar-refractivity contribution is -0.121. The Balaban J connectivity index is 1.17. The van der Waals surface area contributed by atoms with Gasteiger partial charge in [-0.05, 0) is 116 Å². The molecular weight excluding hydrogens is 496 g/mol. The number of hydrogen-bond acceptors (Lipinski definition) is 3. The van der Waals surface area contributed by atoms with Crippen LogP contribution in [-0.2, 0) is 4.79 Å². The number of aliphatic hydroxyl groups is 1. The van der Waals surface area contributed by atoms with Crippen LogP contribution in [0.2, 0.25) is 0 Å². The molecule has 3 fully saturated rings. The van der Waals surface area contributed by atoms with Crippen LogP contribution in [0.4, 0.5) is 0 Å². The van der Waals surface area contributed by atoms with Gasteiger partial charge in [-0.1, -0.05) is 76.6 Å². The first-order valence-electron chi connectivity index (χ1n) is 16.8. The third-order valence-electron chi connectivity index (χ3n) is 12.3. The molecule has 0 aliphatic heterocycles. The molecular formula is C34H58N4O2. The van der Waals surface area contributed by atoms with Crippen molar-refractivity contribution in [3.05, 3.63) is 22.1 Å². The summed E-state index contributed by atoms with van der Waals surface area (Å²) in [6.07, 6.45) is 20.7. The van der Waals surface area contributed by atoms with Gasteiger partial charge in [0.15, 0.2) is 0 Å².